The normalized spacial score (nSPS) is 23.3. The molecule has 0 aromatic heterocycles. The highest BCUT2D eigenvalue weighted by Crippen LogP contribution is 2.10. The maximum absolute atomic E-state index is 12.4. The summed E-state index contributed by atoms with van der Waals surface area (Å²) in [6.07, 6.45) is 1.77. The molecule has 2 rings (SSSR count). The van der Waals surface area contributed by atoms with Gasteiger partial charge >= 0.3 is 0 Å². The number of aryl methyl sites for hydroxylation is 1. The molecule has 3 atom stereocenters. The van der Waals surface area contributed by atoms with Gasteiger partial charge in [-0.15, -0.1) is 0 Å². The number of benzene rings is 1. The summed E-state index contributed by atoms with van der Waals surface area (Å²) in [5.74, 6) is -0.373. The number of carbonyl (C=O) groups is 2. The fourth-order valence-electron chi connectivity index (χ4n) is 2.89. The van der Waals surface area contributed by atoms with Crippen molar-refractivity contribution >= 4 is 17.5 Å². The Hall–Kier alpha value is -1.88. The minimum Gasteiger partial charge on any atom is -0.369 e. The molecular weight excluding hydrogens is 266 g/mol. The molecule has 1 unspecified atom stereocenters. The van der Waals surface area contributed by atoms with Gasteiger partial charge in [-0.25, -0.2) is 0 Å². The fourth-order valence-corrected chi connectivity index (χ4v) is 2.89. The van der Waals surface area contributed by atoms with Gasteiger partial charge in [-0.3, -0.25) is 9.59 Å². The Morgan fingerprint density at radius 3 is 2.86 bits per heavy atom. The van der Waals surface area contributed by atoms with Gasteiger partial charge in [0.15, 0.2) is 6.04 Å². The second-order valence-corrected chi connectivity index (χ2v) is 5.93. The van der Waals surface area contributed by atoms with Crippen molar-refractivity contribution in [3.8, 4) is 0 Å². The van der Waals surface area contributed by atoms with E-state index in [0.29, 0.717) is 6.54 Å². The molecule has 21 heavy (non-hydrogen) atoms. The van der Waals surface area contributed by atoms with Crippen LogP contribution in [0.4, 0.5) is 5.69 Å². The van der Waals surface area contributed by atoms with Crippen LogP contribution in [0.3, 0.4) is 0 Å². The number of primary amides is 1. The number of amides is 2. The third kappa shape index (κ3) is 4.04. The monoisotopic (exact) mass is 290 g/mol. The van der Waals surface area contributed by atoms with Crippen molar-refractivity contribution in [1.82, 2.24) is 0 Å². The van der Waals surface area contributed by atoms with Crippen LogP contribution in [-0.2, 0) is 9.59 Å². The summed E-state index contributed by atoms with van der Waals surface area (Å²) in [5.41, 5.74) is 7.32. The number of rotatable bonds is 4. The topological polar surface area (TPSA) is 76.6 Å². The SMILES string of the molecule is Cc1cccc(NC(=O)[C@@H](C)[NH+]2CCC[C@H](C(N)=O)C2)c1. The van der Waals surface area contributed by atoms with Gasteiger partial charge < -0.3 is 16.0 Å². The standard InChI is InChI=1S/C16H23N3O2/c1-11-5-3-7-14(9-11)18-16(21)12(2)19-8-4-6-13(10-19)15(17)20/h3,5,7,9,12-13H,4,6,8,10H2,1-2H3,(H2,17,20)(H,18,21)/p+1/t12-,13+/m1/s1. The molecule has 5 heteroatoms. The van der Waals surface area contributed by atoms with E-state index in [4.69, 9.17) is 5.73 Å². The lowest BCUT2D eigenvalue weighted by atomic mass is 9.96. The first-order chi connectivity index (χ1) is 9.97. The number of piperidine rings is 1. The molecule has 1 aromatic rings. The summed E-state index contributed by atoms with van der Waals surface area (Å²) in [7, 11) is 0. The number of hydrogen-bond acceptors (Lipinski definition) is 2. The summed E-state index contributed by atoms with van der Waals surface area (Å²) < 4.78 is 0. The van der Waals surface area contributed by atoms with E-state index in [0.717, 1.165) is 35.5 Å². The van der Waals surface area contributed by atoms with Crippen molar-refractivity contribution in [2.75, 3.05) is 18.4 Å². The average Bonchev–Trinajstić information content (AvgIpc) is 2.46. The van der Waals surface area contributed by atoms with Gasteiger partial charge in [-0.1, -0.05) is 12.1 Å². The van der Waals surface area contributed by atoms with Gasteiger partial charge in [0.05, 0.1) is 19.0 Å². The molecule has 114 valence electrons. The number of quaternary nitrogens is 1. The number of carbonyl (C=O) groups excluding carboxylic acids is 2. The first kappa shape index (κ1) is 15.5. The average molecular weight is 290 g/mol. The highest BCUT2D eigenvalue weighted by molar-refractivity contribution is 5.93. The smallest absolute Gasteiger partial charge is 0.282 e. The Morgan fingerprint density at radius 1 is 1.43 bits per heavy atom. The molecule has 1 aliphatic rings. The maximum atomic E-state index is 12.4. The number of nitrogens with two attached hydrogens (primary N) is 1. The van der Waals surface area contributed by atoms with Crippen molar-refractivity contribution in [2.45, 2.75) is 32.7 Å². The van der Waals surface area contributed by atoms with E-state index in [2.05, 4.69) is 5.32 Å². The van der Waals surface area contributed by atoms with E-state index in [1.54, 1.807) is 0 Å². The molecule has 1 heterocycles. The lowest BCUT2D eigenvalue weighted by molar-refractivity contribution is -0.921. The largest absolute Gasteiger partial charge is 0.369 e. The summed E-state index contributed by atoms with van der Waals surface area (Å²) >= 11 is 0. The maximum Gasteiger partial charge on any atom is 0.282 e. The van der Waals surface area contributed by atoms with E-state index in [-0.39, 0.29) is 23.8 Å². The zero-order valence-electron chi connectivity index (χ0n) is 12.7. The fraction of sp³-hybridized carbons (Fsp3) is 0.500. The highest BCUT2D eigenvalue weighted by atomic mass is 16.2. The zero-order chi connectivity index (χ0) is 15.4. The third-order valence-electron chi connectivity index (χ3n) is 4.25. The zero-order valence-corrected chi connectivity index (χ0v) is 12.7. The molecule has 0 radical (unpaired) electrons. The summed E-state index contributed by atoms with van der Waals surface area (Å²) in [6.45, 7) is 5.46. The van der Waals surface area contributed by atoms with Crippen LogP contribution >= 0.6 is 0 Å². The molecule has 4 N–H and O–H groups in total. The number of anilines is 1. The Balaban J connectivity index is 1.97. The van der Waals surface area contributed by atoms with Gasteiger partial charge in [-0.05, 0) is 44.4 Å². The first-order valence-corrected chi connectivity index (χ1v) is 7.49. The van der Waals surface area contributed by atoms with Gasteiger partial charge in [0.25, 0.3) is 5.91 Å². The highest BCUT2D eigenvalue weighted by Gasteiger charge is 2.33. The van der Waals surface area contributed by atoms with E-state index >= 15 is 0 Å². The minimum absolute atomic E-state index is 0.0132. The van der Waals surface area contributed by atoms with Crippen molar-refractivity contribution in [1.29, 1.82) is 0 Å². The number of hydrogen-bond donors (Lipinski definition) is 3. The van der Waals surface area contributed by atoms with Crippen LogP contribution < -0.4 is 16.0 Å². The van der Waals surface area contributed by atoms with E-state index < -0.39 is 0 Å². The summed E-state index contributed by atoms with van der Waals surface area (Å²) in [5, 5.41) is 2.95. The number of nitrogens with one attached hydrogen (secondary N) is 2. The Kier molecular flexibility index (Phi) is 4.96. The van der Waals surface area contributed by atoms with Crippen molar-refractivity contribution < 1.29 is 14.5 Å². The molecule has 0 bridgehead atoms. The molecule has 5 nitrogen and oxygen atoms in total. The Morgan fingerprint density at radius 2 is 2.19 bits per heavy atom. The Bertz CT molecular complexity index is 530. The van der Waals surface area contributed by atoms with E-state index in [9.17, 15) is 9.59 Å². The molecular formula is C16H24N3O2+. The lowest BCUT2D eigenvalue weighted by Crippen LogP contribution is -3.18. The first-order valence-electron chi connectivity index (χ1n) is 7.49. The molecule has 1 saturated heterocycles. The summed E-state index contributed by atoms with van der Waals surface area (Å²) in [4.78, 5) is 24.8. The van der Waals surface area contributed by atoms with Crippen LogP contribution in [0.15, 0.2) is 24.3 Å². The van der Waals surface area contributed by atoms with Crippen molar-refractivity contribution in [2.24, 2.45) is 11.7 Å². The summed E-state index contributed by atoms with van der Waals surface area (Å²) in [6, 6.07) is 7.56. The molecule has 1 aliphatic heterocycles. The predicted octanol–water partition coefficient (Wildman–Crippen LogP) is 0.102. The Labute approximate surface area is 125 Å². The molecule has 0 saturated carbocycles. The van der Waals surface area contributed by atoms with Gasteiger partial charge in [0.1, 0.15) is 0 Å². The van der Waals surface area contributed by atoms with Crippen LogP contribution in [0.5, 0.6) is 0 Å². The van der Waals surface area contributed by atoms with Crippen LogP contribution in [-0.4, -0.2) is 30.9 Å². The molecule has 2 amide bonds. The van der Waals surface area contributed by atoms with E-state index in [1.807, 2.05) is 38.1 Å². The number of likely N-dealkylation sites (tertiary alicyclic amines) is 1. The molecule has 0 aliphatic carbocycles. The van der Waals surface area contributed by atoms with E-state index in [1.165, 1.54) is 0 Å². The minimum atomic E-state index is -0.251. The lowest BCUT2D eigenvalue weighted by Gasteiger charge is -2.31. The molecule has 1 aromatic carbocycles. The van der Waals surface area contributed by atoms with Crippen LogP contribution in [0.2, 0.25) is 0 Å². The van der Waals surface area contributed by atoms with Gasteiger partial charge in [0.2, 0.25) is 5.91 Å². The second-order valence-electron chi connectivity index (χ2n) is 5.93. The predicted molar refractivity (Wildman–Crippen MR) is 81.9 cm³/mol. The van der Waals surface area contributed by atoms with Crippen LogP contribution in [0.25, 0.3) is 0 Å². The molecule has 0 spiro atoms. The molecule has 1 fully saturated rings. The van der Waals surface area contributed by atoms with Gasteiger partial charge in [-0.2, -0.15) is 0 Å². The second kappa shape index (κ2) is 6.72. The van der Waals surface area contributed by atoms with Gasteiger partial charge in [0, 0.05) is 5.69 Å². The van der Waals surface area contributed by atoms with Crippen LogP contribution in [0.1, 0.15) is 25.3 Å². The quantitative estimate of drug-likeness (QED) is 0.736. The van der Waals surface area contributed by atoms with Crippen LogP contribution in [0, 0.1) is 12.8 Å². The van der Waals surface area contributed by atoms with Crippen molar-refractivity contribution in [3.05, 3.63) is 29.8 Å². The van der Waals surface area contributed by atoms with Crippen molar-refractivity contribution in [3.63, 3.8) is 0 Å². The third-order valence-corrected chi connectivity index (χ3v) is 4.25.